The molecule has 0 bridgehead atoms. The number of hydrogen-bond donors (Lipinski definition) is 2. The number of hydrazone groups is 1. The summed E-state index contributed by atoms with van der Waals surface area (Å²) in [5, 5.41) is 13.2. The quantitative estimate of drug-likeness (QED) is 0.621. The first-order valence-electron chi connectivity index (χ1n) is 5.68. The molecule has 0 saturated heterocycles. The molecule has 0 aliphatic carbocycles. The number of benzene rings is 1. The maximum atomic E-state index is 11.7. The third-order valence-corrected chi connectivity index (χ3v) is 2.79. The van der Waals surface area contributed by atoms with Crippen molar-refractivity contribution in [2.75, 3.05) is 0 Å². The van der Waals surface area contributed by atoms with Crippen LogP contribution in [0.1, 0.15) is 37.6 Å². The molecule has 0 aliphatic heterocycles. The van der Waals surface area contributed by atoms with Gasteiger partial charge >= 0.3 is 0 Å². The summed E-state index contributed by atoms with van der Waals surface area (Å²) in [7, 11) is 0. The highest BCUT2D eigenvalue weighted by atomic mass is 16.3. The highest BCUT2D eigenvalue weighted by molar-refractivity contribution is 5.95. The van der Waals surface area contributed by atoms with Crippen LogP contribution in [0.15, 0.2) is 29.4 Å². The highest BCUT2D eigenvalue weighted by Gasteiger charge is 2.06. The molecule has 0 fully saturated rings. The van der Waals surface area contributed by atoms with Crippen LogP contribution >= 0.6 is 0 Å². The first-order chi connectivity index (χ1) is 8.04. The van der Waals surface area contributed by atoms with E-state index in [0.29, 0.717) is 11.5 Å². The molecule has 0 heterocycles. The fourth-order valence-corrected chi connectivity index (χ4v) is 1.22. The SMILES string of the molecule is CCC(C)C(C)=NNC(=O)c1ccc(O)cc1. The fourth-order valence-electron chi connectivity index (χ4n) is 1.22. The average molecular weight is 234 g/mol. The topological polar surface area (TPSA) is 61.7 Å². The molecule has 17 heavy (non-hydrogen) atoms. The van der Waals surface area contributed by atoms with Gasteiger partial charge in [0.2, 0.25) is 0 Å². The van der Waals surface area contributed by atoms with Crippen LogP contribution in [-0.2, 0) is 0 Å². The first-order valence-corrected chi connectivity index (χ1v) is 5.68. The molecule has 0 spiro atoms. The Kier molecular flexibility index (Phi) is 4.69. The van der Waals surface area contributed by atoms with Crippen molar-refractivity contribution in [2.45, 2.75) is 27.2 Å². The summed E-state index contributed by atoms with van der Waals surface area (Å²) in [6.07, 6.45) is 0.990. The van der Waals surface area contributed by atoms with Gasteiger partial charge in [0.25, 0.3) is 5.91 Å². The predicted molar refractivity (Wildman–Crippen MR) is 68.1 cm³/mol. The minimum atomic E-state index is -0.271. The molecule has 4 nitrogen and oxygen atoms in total. The van der Waals surface area contributed by atoms with E-state index in [2.05, 4.69) is 24.4 Å². The van der Waals surface area contributed by atoms with Crippen molar-refractivity contribution in [1.82, 2.24) is 5.43 Å². The van der Waals surface area contributed by atoms with E-state index in [1.165, 1.54) is 12.1 Å². The number of hydrogen-bond acceptors (Lipinski definition) is 3. The zero-order chi connectivity index (χ0) is 12.8. The zero-order valence-electron chi connectivity index (χ0n) is 10.4. The Bertz CT molecular complexity index is 410. The van der Waals surface area contributed by atoms with Gasteiger partial charge < -0.3 is 5.11 Å². The molecule has 1 rings (SSSR count). The van der Waals surface area contributed by atoms with Gasteiger partial charge in [-0.1, -0.05) is 13.8 Å². The number of carbonyl (C=O) groups is 1. The number of nitrogens with zero attached hydrogens (tertiary/aromatic N) is 1. The second-order valence-electron chi connectivity index (χ2n) is 4.05. The van der Waals surface area contributed by atoms with Gasteiger partial charge in [0.05, 0.1) is 0 Å². The summed E-state index contributed by atoms with van der Waals surface area (Å²) in [6.45, 7) is 6.03. The smallest absolute Gasteiger partial charge is 0.271 e. The maximum Gasteiger partial charge on any atom is 0.271 e. The van der Waals surface area contributed by atoms with E-state index in [9.17, 15) is 4.79 Å². The van der Waals surface area contributed by atoms with Crippen LogP contribution in [0.2, 0.25) is 0 Å². The molecular formula is C13H18N2O2. The minimum absolute atomic E-state index is 0.140. The lowest BCUT2D eigenvalue weighted by Crippen LogP contribution is -2.20. The van der Waals surface area contributed by atoms with E-state index >= 15 is 0 Å². The molecular weight excluding hydrogens is 216 g/mol. The summed E-state index contributed by atoms with van der Waals surface area (Å²) in [4.78, 5) is 11.7. The largest absolute Gasteiger partial charge is 0.508 e. The number of aromatic hydroxyl groups is 1. The molecule has 92 valence electrons. The van der Waals surface area contributed by atoms with Gasteiger partial charge in [-0.2, -0.15) is 5.10 Å². The van der Waals surface area contributed by atoms with Crippen molar-refractivity contribution in [2.24, 2.45) is 11.0 Å². The Balaban J connectivity index is 2.64. The first kappa shape index (κ1) is 13.2. The van der Waals surface area contributed by atoms with Crippen molar-refractivity contribution in [3.63, 3.8) is 0 Å². The second kappa shape index (κ2) is 6.03. The van der Waals surface area contributed by atoms with E-state index in [1.54, 1.807) is 12.1 Å². The Morgan fingerprint density at radius 3 is 2.53 bits per heavy atom. The Morgan fingerprint density at radius 2 is 2.00 bits per heavy atom. The van der Waals surface area contributed by atoms with Gasteiger partial charge in [-0.3, -0.25) is 4.79 Å². The average Bonchev–Trinajstić information content (AvgIpc) is 2.35. The van der Waals surface area contributed by atoms with E-state index in [-0.39, 0.29) is 11.7 Å². The maximum absolute atomic E-state index is 11.7. The van der Waals surface area contributed by atoms with Gasteiger partial charge in [-0.15, -0.1) is 0 Å². The van der Waals surface area contributed by atoms with Crippen LogP contribution in [0.5, 0.6) is 5.75 Å². The molecule has 1 unspecified atom stereocenters. The lowest BCUT2D eigenvalue weighted by atomic mass is 10.1. The minimum Gasteiger partial charge on any atom is -0.508 e. The summed E-state index contributed by atoms with van der Waals surface area (Å²) < 4.78 is 0. The van der Waals surface area contributed by atoms with E-state index < -0.39 is 0 Å². The molecule has 4 heteroatoms. The summed E-state index contributed by atoms with van der Waals surface area (Å²) in [5.74, 6) is 0.226. The van der Waals surface area contributed by atoms with Crippen molar-refractivity contribution < 1.29 is 9.90 Å². The second-order valence-corrected chi connectivity index (χ2v) is 4.05. The van der Waals surface area contributed by atoms with E-state index in [4.69, 9.17) is 5.11 Å². The van der Waals surface area contributed by atoms with Gasteiger partial charge in [-0.05, 0) is 43.5 Å². The molecule has 2 N–H and O–H groups in total. The summed E-state index contributed by atoms with van der Waals surface area (Å²) in [5.41, 5.74) is 3.88. The predicted octanol–water partition coefficient (Wildman–Crippen LogP) is 2.54. The normalized spacial score (nSPS) is 13.2. The lowest BCUT2D eigenvalue weighted by molar-refractivity contribution is 0.0954. The molecule has 0 radical (unpaired) electrons. The van der Waals surface area contributed by atoms with Gasteiger partial charge in [-0.25, -0.2) is 5.43 Å². The van der Waals surface area contributed by atoms with Crippen LogP contribution in [0.4, 0.5) is 0 Å². The molecule has 1 aromatic rings. The molecule has 1 atom stereocenters. The molecule has 0 aromatic heterocycles. The summed E-state index contributed by atoms with van der Waals surface area (Å²) >= 11 is 0. The highest BCUT2D eigenvalue weighted by Crippen LogP contribution is 2.09. The molecule has 0 saturated carbocycles. The Morgan fingerprint density at radius 1 is 1.41 bits per heavy atom. The lowest BCUT2D eigenvalue weighted by Gasteiger charge is -2.07. The third-order valence-electron chi connectivity index (χ3n) is 2.79. The van der Waals surface area contributed by atoms with Crippen LogP contribution in [0, 0.1) is 5.92 Å². The standard InChI is InChI=1S/C13H18N2O2/c1-4-9(2)10(3)14-15-13(17)11-5-7-12(16)8-6-11/h5-9,16H,4H2,1-3H3,(H,15,17). The number of phenolic OH excluding ortho intramolecular Hbond substituents is 1. The fraction of sp³-hybridized carbons (Fsp3) is 0.385. The number of rotatable bonds is 4. The number of amides is 1. The van der Waals surface area contributed by atoms with Crippen molar-refractivity contribution >= 4 is 11.6 Å². The van der Waals surface area contributed by atoms with E-state index in [1.807, 2.05) is 6.92 Å². The number of phenols is 1. The van der Waals surface area contributed by atoms with E-state index in [0.717, 1.165) is 12.1 Å². The monoisotopic (exact) mass is 234 g/mol. The zero-order valence-corrected chi connectivity index (χ0v) is 10.4. The van der Waals surface area contributed by atoms with Crippen LogP contribution in [0.25, 0.3) is 0 Å². The van der Waals surface area contributed by atoms with Crippen LogP contribution < -0.4 is 5.43 Å². The molecule has 1 aromatic carbocycles. The Hall–Kier alpha value is -1.84. The van der Waals surface area contributed by atoms with Crippen molar-refractivity contribution in [3.8, 4) is 5.75 Å². The number of carbonyl (C=O) groups excluding carboxylic acids is 1. The molecule has 0 aliphatic rings. The number of nitrogens with one attached hydrogen (secondary N) is 1. The van der Waals surface area contributed by atoms with Gasteiger partial charge in [0, 0.05) is 11.3 Å². The van der Waals surface area contributed by atoms with Crippen molar-refractivity contribution in [1.29, 1.82) is 0 Å². The van der Waals surface area contributed by atoms with Crippen molar-refractivity contribution in [3.05, 3.63) is 29.8 Å². The van der Waals surface area contributed by atoms with Crippen LogP contribution in [-0.4, -0.2) is 16.7 Å². The van der Waals surface area contributed by atoms with Crippen LogP contribution in [0.3, 0.4) is 0 Å². The Labute approximate surface area is 101 Å². The molecule has 1 amide bonds. The summed E-state index contributed by atoms with van der Waals surface area (Å²) in [6, 6.07) is 6.05. The third kappa shape index (κ3) is 3.90. The van der Waals surface area contributed by atoms with Gasteiger partial charge in [0.1, 0.15) is 5.75 Å². The van der Waals surface area contributed by atoms with Gasteiger partial charge in [0.15, 0.2) is 0 Å².